The Morgan fingerprint density at radius 2 is 2.08 bits per heavy atom. The number of guanidine groups is 1. The standard InChI is InChI=1S/C19H29FN4O/c1-4-22-19(23-13-16-5-6-17(20)14(2)11-16)24-9-7-15(8-10-24)12-18(25)21-3/h5-6,11,15H,4,7-10,12-13H2,1-3H3,(H,21,25)(H,22,23). The fraction of sp³-hybridized carbons (Fsp3) is 0.579. The van der Waals surface area contributed by atoms with Gasteiger partial charge in [0.25, 0.3) is 0 Å². The summed E-state index contributed by atoms with van der Waals surface area (Å²) in [6.07, 6.45) is 2.59. The van der Waals surface area contributed by atoms with Crippen LogP contribution in [0.2, 0.25) is 0 Å². The molecular formula is C19H29FN4O. The third-order valence-electron chi connectivity index (χ3n) is 4.64. The van der Waals surface area contributed by atoms with Crippen LogP contribution in [0, 0.1) is 18.7 Å². The largest absolute Gasteiger partial charge is 0.359 e. The number of aryl methyl sites for hydroxylation is 1. The zero-order chi connectivity index (χ0) is 18.2. The number of carbonyl (C=O) groups is 1. The SMILES string of the molecule is CCNC(=NCc1ccc(F)c(C)c1)N1CCC(CC(=O)NC)CC1. The van der Waals surface area contributed by atoms with Gasteiger partial charge in [-0.2, -0.15) is 0 Å². The molecule has 6 heteroatoms. The van der Waals surface area contributed by atoms with Crippen LogP contribution < -0.4 is 10.6 Å². The van der Waals surface area contributed by atoms with Gasteiger partial charge in [-0.3, -0.25) is 4.79 Å². The molecule has 1 saturated heterocycles. The zero-order valence-corrected chi connectivity index (χ0v) is 15.4. The van der Waals surface area contributed by atoms with Crippen molar-refractivity contribution in [1.29, 1.82) is 0 Å². The average molecular weight is 348 g/mol. The van der Waals surface area contributed by atoms with Crippen LogP contribution in [-0.4, -0.2) is 43.4 Å². The lowest BCUT2D eigenvalue weighted by molar-refractivity contribution is -0.121. The first kappa shape index (κ1) is 19.2. The van der Waals surface area contributed by atoms with E-state index in [4.69, 9.17) is 4.99 Å². The molecule has 2 N–H and O–H groups in total. The minimum atomic E-state index is -0.183. The predicted octanol–water partition coefficient (Wildman–Crippen LogP) is 2.45. The Morgan fingerprint density at radius 1 is 1.36 bits per heavy atom. The van der Waals surface area contributed by atoms with Crippen LogP contribution in [-0.2, 0) is 11.3 Å². The molecule has 138 valence electrons. The summed E-state index contributed by atoms with van der Waals surface area (Å²) in [4.78, 5) is 18.5. The minimum absolute atomic E-state index is 0.116. The first-order valence-electron chi connectivity index (χ1n) is 9.02. The van der Waals surface area contributed by atoms with Crippen LogP contribution in [0.1, 0.15) is 37.3 Å². The van der Waals surface area contributed by atoms with Crippen molar-refractivity contribution < 1.29 is 9.18 Å². The molecule has 2 rings (SSSR count). The molecule has 1 heterocycles. The van der Waals surface area contributed by atoms with Gasteiger partial charge in [0.05, 0.1) is 6.54 Å². The van der Waals surface area contributed by atoms with Crippen molar-refractivity contribution in [2.24, 2.45) is 10.9 Å². The molecular weight excluding hydrogens is 319 g/mol. The van der Waals surface area contributed by atoms with Crippen molar-refractivity contribution in [3.8, 4) is 0 Å². The molecule has 1 fully saturated rings. The first-order valence-corrected chi connectivity index (χ1v) is 9.02. The number of aliphatic imine (C=N–C) groups is 1. The monoisotopic (exact) mass is 348 g/mol. The number of benzene rings is 1. The Bertz CT molecular complexity index is 609. The second-order valence-electron chi connectivity index (χ2n) is 6.56. The van der Waals surface area contributed by atoms with Crippen molar-refractivity contribution in [3.05, 3.63) is 35.1 Å². The van der Waals surface area contributed by atoms with Gasteiger partial charge in [-0.15, -0.1) is 0 Å². The van der Waals surface area contributed by atoms with Crippen LogP contribution in [0.25, 0.3) is 0 Å². The Balaban J connectivity index is 1.96. The molecule has 25 heavy (non-hydrogen) atoms. The smallest absolute Gasteiger partial charge is 0.220 e. The number of nitrogens with zero attached hydrogens (tertiary/aromatic N) is 2. The van der Waals surface area contributed by atoms with Gasteiger partial charge in [0.15, 0.2) is 5.96 Å². The summed E-state index contributed by atoms with van der Waals surface area (Å²) >= 11 is 0. The van der Waals surface area contributed by atoms with Crippen molar-refractivity contribution in [3.63, 3.8) is 0 Å². The number of halogens is 1. The number of nitrogens with one attached hydrogen (secondary N) is 2. The zero-order valence-electron chi connectivity index (χ0n) is 15.4. The fourth-order valence-corrected chi connectivity index (χ4v) is 3.11. The number of amides is 1. The lowest BCUT2D eigenvalue weighted by Gasteiger charge is -2.34. The average Bonchev–Trinajstić information content (AvgIpc) is 2.62. The second-order valence-corrected chi connectivity index (χ2v) is 6.56. The van der Waals surface area contributed by atoms with Crippen LogP contribution >= 0.6 is 0 Å². The molecule has 0 spiro atoms. The topological polar surface area (TPSA) is 56.7 Å². The molecule has 0 bridgehead atoms. The van der Waals surface area contributed by atoms with E-state index in [0.29, 0.717) is 24.4 Å². The van der Waals surface area contributed by atoms with Crippen molar-refractivity contribution in [2.75, 3.05) is 26.7 Å². The molecule has 0 radical (unpaired) electrons. The summed E-state index contributed by atoms with van der Waals surface area (Å²) in [5.74, 6) is 1.27. The van der Waals surface area contributed by atoms with E-state index in [9.17, 15) is 9.18 Å². The number of carbonyl (C=O) groups excluding carboxylic acids is 1. The molecule has 0 aromatic heterocycles. The maximum Gasteiger partial charge on any atom is 0.220 e. The molecule has 1 aliphatic heterocycles. The van der Waals surface area contributed by atoms with Gasteiger partial charge >= 0.3 is 0 Å². The van der Waals surface area contributed by atoms with Crippen molar-refractivity contribution >= 4 is 11.9 Å². The van der Waals surface area contributed by atoms with Crippen LogP contribution in [0.4, 0.5) is 4.39 Å². The van der Waals surface area contributed by atoms with E-state index in [2.05, 4.69) is 22.5 Å². The third kappa shape index (κ3) is 5.73. The van der Waals surface area contributed by atoms with E-state index in [1.54, 1.807) is 20.0 Å². The Hall–Kier alpha value is -2.11. The fourth-order valence-electron chi connectivity index (χ4n) is 3.11. The summed E-state index contributed by atoms with van der Waals surface area (Å²) in [6, 6.07) is 5.13. The van der Waals surface area contributed by atoms with Crippen LogP contribution in [0.5, 0.6) is 0 Å². The quantitative estimate of drug-likeness (QED) is 0.635. The Morgan fingerprint density at radius 3 is 2.68 bits per heavy atom. The lowest BCUT2D eigenvalue weighted by Crippen LogP contribution is -2.46. The van der Waals surface area contributed by atoms with Crippen molar-refractivity contribution in [2.45, 2.75) is 39.7 Å². The summed E-state index contributed by atoms with van der Waals surface area (Å²) in [5.41, 5.74) is 1.65. The normalized spacial score (nSPS) is 16.0. The minimum Gasteiger partial charge on any atom is -0.359 e. The van der Waals surface area contributed by atoms with Gasteiger partial charge in [0, 0.05) is 33.1 Å². The van der Waals surface area contributed by atoms with Crippen LogP contribution in [0.3, 0.4) is 0 Å². The summed E-state index contributed by atoms with van der Waals surface area (Å²) < 4.78 is 13.4. The summed E-state index contributed by atoms with van der Waals surface area (Å²) in [7, 11) is 1.69. The van der Waals surface area contributed by atoms with Gasteiger partial charge in [0.1, 0.15) is 5.82 Å². The summed E-state index contributed by atoms with van der Waals surface area (Å²) in [6.45, 7) is 6.95. The Kier molecular flexibility index (Phi) is 7.22. The first-order chi connectivity index (χ1) is 12.0. The van der Waals surface area contributed by atoms with Gasteiger partial charge in [-0.05, 0) is 49.8 Å². The van der Waals surface area contributed by atoms with Gasteiger partial charge in [0.2, 0.25) is 5.91 Å². The maximum absolute atomic E-state index is 13.4. The third-order valence-corrected chi connectivity index (χ3v) is 4.64. The molecule has 1 amide bonds. The van der Waals surface area contributed by atoms with E-state index >= 15 is 0 Å². The second kappa shape index (κ2) is 9.39. The molecule has 1 aliphatic rings. The molecule has 1 aromatic carbocycles. The van der Waals surface area contributed by atoms with E-state index in [1.165, 1.54) is 6.07 Å². The Labute approximate surface area is 149 Å². The molecule has 0 unspecified atom stereocenters. The van der Waals surface area contributed by atoms with E-state index < -0.39 is 0 Å². The van der Waals surface area contributed by atoms with E-state index in [1.807, 2.05) is 6.07 Å². The predicted molar refractivity (Wildman–Crippen MR) is 98.9 cm³/mol. The highest BCUT2D eigenvalue weighted by atomic mass is 19.1. The molecule has 5 nitrogen and oxygen atoms in total. The molecule has 1 aromatic rings. The molecule has 0 aliphatic carbocycles. The number of likely N-dealkylation sites (tertiary alicyclic amines) is 1. The number of hydrogen-bond donors (Lipinski definition) is 2. The number of piperidine rings is 1. The maximum atomic E-state index is 13.4. The van der Waals surface area contributed by atoms with E-state index in [0.717, 1.165) is 44.0 Å². The molecule has 0 atom stereocenters. The lowest BCUT2D eigenvalue weighted by atomic mass is 9.93. The number of hydrogen-bond acceptors (Lipinski definition) is 2. The highest BCUT2D eigenvalue weighted by Crippen LogP contribution is 2.20. The highest BCUT2D eigenvalue weighted by molar-refractivity contribution is 5.80. The molecule has 0 saturated carbocycles. The van der Waals surface area contributed by atoms with E-state index in [-0.39, 0.29) is 11.7 Å². The summed E-state index contributed by atoms with van der Waals surface area (Å²) in [5, 5.41) is 6.04. The van der Waals surface area contributed by atoms with Gasteiger partial charge in [-0.25, -0.2) is 9.38 Å². The van der Waals surface area contributed by atoms with Gasteiger partial charge in [-0.1, -0.05) is 12.1 Å². The van der Waals surface area contributed by atoms with Crippen LogP contribution in [0.15, 0.2) is 23.2 Å². The number of rotatable bonds is 5. The highest BCUT2D eigenvalue weighted by Gasteiger charge is 2.23. The van der Waals surface area contributed by atoms with Crippen molar-refractivity contribution in [1.82, 2.24) is 15.5 Å². The van der Waals surface area contributed by atoms with Gasteiger partial charge < -0.3 is 15.5 Å².